The van der Waals surface area contributed by atoms with Crippen molar-refractivity contribution in [3.8, 4) is 0 Å². The third-order valence-electron chi connectivity index (χ3n) is 4.37. The van der Waals surface area contributed by atoms with E-state index in [1.807, 2.05) is 6.92 Å². The fourth-order valence-electron chi connectivity index (χ4n) is 3.09. The molecule has 2 rings (SSSR count). The third kappa shape index (κ3) is 3.48. The highest BCUT2D eigenvalue weighted by atomic mass is 32.2. The fourth-order valence-corrected chi connectivity index (χ4v) is 4.98. The molecular formula is C13H27N3O2S. The summed E-state index contributed by atoms with van der Waals surface area (Å²) in [6, 6.07) is 0.171. The highest BCUT2D eigenvalue weighted by molar-refractivity contribution is 7.86. The molecule has 2 saturated heterocycles. The number of hydrogen-bond acceptors (Lipinski definition) is 3. The Kier molecular flexibility index (Phi) is 5.22. The Hall–Kier alpha value is -0.170. The molecule has 1 unspecified atom stereocenters. The van der Waals surface area contributed by atoms with Crippen molar-refractivity contribution in [2.24, 2.45) is 5.92 Å². The zero-order valence-electron chi connectivity index (χ0n) is 12.1. The number of rotatable bonds is 5. The van der Waals surface area contributed by atoms with E-state index >= 15 is 0 Å². The minimum absolute atomic E-state index is 0.171. The predicted molar refractivity (Wildman–Crippen MR) is 77.2 cm³/mol. The summed E-state index contributed by atoms with van der Waals surface area (Å²) in [6.45, 7) is 8.19. The van der Waals surface area contributed by atoms with E-state index in [2.05, 4.69) is 12.2 Å². The molecule has 2 fully saturated rings. The molecule has 112 valence electrons. The molecule has 0 aromatic rings. The summed E-state index contributed by atoms with van der Waals surface area (Å²) in [5.74, 6) is 0.627. The summed E-state index contributed by atoms with van der Waals surface area (Å²) in [7, 11) is -3.21. The minimum atomic E-state index is -3.21. The molecule has 0 bridgehead atoms. The Morgan fingerprint density at radius 1 is 1.16 bits per heavy atom. The molecule has 0 aromatic carbocycles. The van der Waals surface area contributed by atoms with Crippen LogP contribution in [0.4, 0.5) is 0 Å². The van der Waals surface area contributed by atoms with Crippen molar-refractivity contribution < 1.29 is 8.42 Å². The van der Waals surface area contributed by atoms with Gasteiger partial charge < -0.3 is 5.32 Å². The van der Waals surface area contributed by atoms with Crippen LogP contribution in [-0.2, 0) is 10.2 Å². The van der Waals surface area contributed by atoms with Crippen LogP contribution in [0, 0.1) is 5.92 Å². The molecule has 1 N–H and O–H groups in total. The van der Waals surface area contributed by atoms with Gasteiger partial charge in [0, 0.05) is 25.7 Å². The predicted octanol–water partition coefficient (Wildman–Crippen LogP) is 1.04. The van der Waals surface area contributed by atoms with Gasteiger partial charge in [0.25, 0.3) is 10.2 Å². The molecule has 19 heavy (non-hydrogen) atoms. The molecule has 5 nitrogen and oxygen atoms in total. The number of nitrogens with zero attached hydrogens (tertiary/aromatic N) is 2. The Balaban J connectivity index is 1.89. The average Bonchev–Trinajstić information content (AvgIpc) is 2.84. The van der Waals surface area contributed by atoms with Gasteiger partial charge in [0.1, 0.15) is 0 Å². The van der Waals surface area contributed by atoms with Crippen molar-refractivity contribution in [1.29, 1.82) is 0 Å². The van der Waals surface area contributed by atoms with E-state index in [0.29, 0.717) is 25.6 Å². The highest BCUT2D eigenvalue weighted by Gasteiger charge is 2.37. The molecule has 2 aliphatic rings. The van der Waals surface area contributed by atoms with Crippen LogP contribution in [0.25, 0.3) is 0 Å². The summed E-state index contributed by atoms with van der Waals surface area (Å²) in [5.41, 5.74) is 0. The summed E-state index contributed by atoms with van der Waals surface area (Å²) in [5, 5.41) is 3.36. The van der Waals surface area contributed by atoms with Crippen molar-refractivity contribution in [3.05, 3.63) is 0 Å². The molecule has 0 amide bonds. The Morgan fingerprint density at radius 2 is 1.84 bits per heavy atom. The summed E-state index contributed by atoms with van der Waals surface area (Å²) >= 11 is 0. The van der Waals surface area contributed by atoms with E-state index in [1.165, 1.54) is 0 Å². The van der Waals surface area contributed by atoms with Gasteiger partial charge in [-0.3, -0.25) is 0 Å². The first-order valence-electron chi connectivity index (χ1n) is 7.53. The zero-order chi connectivity index (χ0) is 13.9. The Morgan fingerprint density at radius 3 is 2.37 bits per heavy atom. The van der Waals surface area contributed by atoms with E-state index in [0.717, 1.165) is 38.8 Å². The van der Waals surface area contributed by atoms with Crippen LogP contribution in [0.2, 0.25) is 0 Å². The number of hydrogen-bond donors (Lipinski definition) is 1. The molecule has 0 radical (unpaired) electrons. The maximum absolute atomic E-state index is 12.6. The van der Waals surface area contributed by atoms with E-state index in [-0.39, 0.29) is 6.04 Å². The lowest BCUT2D eigenvalue weighted by molar-refractivity contribution is 0.248. The van der Waals surface area contributed by atoms with Crippen molar-refractivity contribution in [2.75, 3.05) is 32.7 Å². The van der Waals surface area contributed by atoms with Gasteiger partial charge in [0.05, 0.1) is 0 Å². The van der Waals surface area contributed by atoms with Gasteiger partial charge in [-0.05, 0) is 51.6 Å². The van der Waals surface area contributed by atoms with Crippen LogP contribution in [0.15, 0.2) is 0 Å². The standard InChI is InChI=1S/C13H27N3O2S/c1-3-14-11-13-6-9-15(10-7-13)19(17,18)16-8-4-5-12(16)2/h12-14H,3-11H2,1-2H3. The second-order valence-electron chi connectivity index (χ2n) is 5.76. The van der Waals surface area contributed by atoms with Gasteiger partial charge in [-0.2, -0.15) is 17.0 Å². The van der Waals surface area contributed by atoms with Crippen molar-refractivity contribution >= 4 is 10.2 Å². The molecule has 1 atom stereocenters. The van der Waals surface area contributed by atoms with Gasteiger partial charge in [-0.15, -0.1) is 0 Å². The largest absolute Gasteiger partial charge is 0.317 e. The van der Waals surface area contributed by atoms with Crippen molar-refractivity contribution in [2.45, 2.75) is 45.6 Å². The zero-order valence-corrected chi connectivity index (χ0v) is 13.0. The number of piperidine rings is 1. The smallest absolute Gasteiger partial charge is 0.282 e. The van der Waals surface area contributed by atoms with Crippen LogP contribution in [-0.4, -0.2) is 55.8 Å². The second-order valence-corrected chi connectivity index (χ2v) is 7.64. The monoisotopic (exact) mass is 289 g/mol. The van der Waals surface area contributed by atoms with Crippen LogP contribution < -0.4 is 5.32 Å². The van der Waals surface area contributed by atoms with E-state index in [1.54, 1.807) is 8.61 Å². The van der Waals surface area contributed by atoms with Gasteiger partial charge in [-0.25, -0.2) is 0 Å². The molecule has 0 saturated carbocycles. The van der Waals surface area contributed by atoms with E-state index < -0.39 is 10.2 Å². The second kappa shape index (κ2) is 6.52. The van der Waals surface area contributed by atoms with Gasteiger partial charge in [-0.1, -0.05) is 6.92 Å². The lowest BCUT2D eigenvalue weighted by atomic mass is 9.98. The average molecular weight is 289 g/mol. The normalized spacial score (nSPS) is 28.0. The summed E-state index contributed by atoms with van der Waals surface area (Å²) in [4.78, 5) is 0. The van der Waals surface area contributed by atoms with Crippen LogP contribution in [0.5, 0.6) is 0 Å². The van der Waals surface area contributed by atoms with Gasteiger partial charge in [0.2, 0.25) is 0 Å². The lowest BCUT2D eigenvalue weighted by Gasteiger charge is -2.35. The molecule has 0 spiro atoms. The maximum Gasteiger partial charge on any atom is 0.282 e. The van der Waals surface area contributed by atoms with E-state index in [4.69, 9.17) is 0 Å². The minimum Gasteiger partial charge on any atom is -0.317 e. The first-order chi connectivity index (χ1) is 9.05. The quantitative estimate of drug-likeness (QED) is 0.823. The van der Waals surface area contributed by atoms with Gasteiger partial charge in [0.15, 0.2) is 0 Å². The molecule has 0 aromatic heterocycles. The molecule has 0 aliphatic carbocycles. The van der Waals surface area contributed by atoms with Crippen molar-refractivity contribution in [3.63, 3.8) is 0 Å². The third-order valence-corrected chi connectivity index (χ3v) is 6.52. The molecule has 6 heteroatoms. The van der Waals surface area contributed by atoms with Gasteiger partial charge >= 0.3 is 0 Å². The fraction of sp³-hybridized carbons (Fsp3) is 1.00. The first-order valence-corrected chi connectivity index (χ1v) is 8.93. The Labute approximate surface area is 117 Å². The lowest BCUT2D eigenvalue weighted by Crippen LogP contribution is -2.48. The molecular weight excluding hydrogens is 262 g/mol. The summed E-state index contributed by atoms with van der Waals surface area (Å²) in [6.07, 6.45) is 3.95. The van der Waals surface area contributed by atoms with Crippen LogP contribution >= 0.6 is 0 Å². The maximum atomic E-state index is 12.6. The van der Waals surface area contributed by atoms with Crippen LogP contribution in [0.3, 0.4) is 0 Å². The first kappa shape index (κ1) is 15.2. The molecule has 2 heterocycles. The van der Waals surface area contributed by atoms with Crippen molar-refractivity contribution in [1.82, 2.24) is 13.9 Å². The number of nitrogens with one attached hydrogen (secondary N) is 1. The summed E-state index contributed by atoms with van der Waals surface area (Å²) < 4.78 is 28.5. The highest BCUT2D eigenvalue weighted by Crippen LogP contribution is 2.26. The SMILES string of the molecule is CCNCC1CCN(S(=O)(=O)N2CCCC2C)CC1. The van der Waals surface area contributed by atoms with E-state index in [9.17, 15) is 8.42 Å². The topological polar surface area (TPSA) is 52.7 Å². The van der Waals surface area contributed by atoms with Crippen LogP contribution in [0.1, 0.15) is 39.5 Å². The molecule has 2 aliphatic heterocycles. The Bertz CT molecular complexity index is 377.